The number of ether oxygens (including phenoxy) is 2. The maximum atomic E-state index is 11.4. The third kappa shape index (κ3) is 29.6. The molecule has 1 aliphatic rings. The minimum absolute atomic E-state index is 0.0625. The monoisotopic (exact) mass is 1170 g/mol. The maximum absolute atomic E-state index is 11.4. The first-order valence-electron chi connectivity index (χ1n) is 24.5. The Morgan fingerprint density at radius 1 is 0.565 bits per heavy atom. The molecule has 398 valence electrons. The molecule has 0 saturated carbocycles. The molecule has 0 unspecified atom stereocenters. The van der Waals surface area contributed by atoms with Gasteiger partial charge in [-0.25, -0.2) is 4.21 Å². The van der Waals surface area contributed by atoms with Crippen LogP contribution in [-0.2, 0) is 43.9 Å². The van der Waals surface area contributed by atoms with Gasteiger partial charge in [-0.15, -0.1) is 0 Å². The van der Waals surface area contributed by atoms with Gasteiger partial charge in [-0.2, -0.15) is 0 Å². The summed E-state index contributed by atoms with van der Waals surface area (Å²) in [5, 5.41) is 73.0. The molecular weight excluding hydrogens is 1080 g/mol. The molecule has 14 nitrogen and oxygen atoms in total. The zero-order valence-electron chi connectivity index (χ0n) is 42.2. The van der Waals surface area contributed by atoms with Crippen molar-refractivity contribution in [2.24, 2.45) is 16.2 Å². The Kier molecular flexibility index (Phi) is 39.9. The van der Waals surface area contributed by atoms with Crippen LogP contribution in [0, 0.1) is 21.0 Å². The van der Waals surface area contributed by atoms with Gasteiger partial charge in [0.1, 0.15) is 0 Å². The summed E-state index contributed by atoms with van der Waals surface area (Å²) < 4.78 is 44.7. The molecule has 0 radical (unpaired) electrons. The number of halogens is 1. The molecule has 0 amide bonds. The number of hydrogen-bond donors (Lipinski definition) is 9. The number of benzene rings is 3. The van der Waals surface area contributed by atoms with Crippen LogP contribution in [0.3, 0.4) is 0 Å². The Labute approximate surface area is 428 Å². The first-order valence-corrected chi connectivity index (χ1v) is 33.8. The smallest absolute Gasteiger partial charge is 0.0717 e. The van der Waals surface area contributed by atoms with Crippen molar-refractivity contribution < 1.29 is 60.7 Å². The summed E-state index contributed by atoms with van der Waals surface area (Å²) in [6.07, 6.45) is 8.64. The van der Waals surface area contributed by atoms with Gasteiger partial charge in [-0.1, -0.05) is 134 Å². The fourth-order valence-electron chi connectivity index (χ4n) is 6.11. The number of nitrogens with one attached hydrogen (secondary N) is 1. The third-order valence-corrected chi connectivity index (χ3v) is 24.2. The van der Waals surface area contributed by atoms with E-state index >= 15 is 0 Å². The Balaban J connectivity index is 0.000000892. The van der Waals surface area contributed by atoms with Gasteiger partial charge in [-0.3, -0.25) is 4.78 Å². The molecule has 0 atom stereocenters. The summed E-state index contributed by atoms with van der Waals surface area (Å²) in [7, 11) is -2.21. The summed E-state index contributed by atoms with van der Waals surface area (Å²) in [6, 6.07) is 29.9. The number of alkyl halides is 1. The minimum Gasteiger partial charge on any atom is -0.396 e. The van der Waals surface area contributed by atoms with Gasteiger partial charge in [0.25, 0.3) is 0 Å². The topological polar surface area (TPSA) is 240 Å². The van der Waals surface area contributed by atoms with Crippen molar-refractivity contribution in [1.29, 1.82) is 4.78 Å². The van der Waals surface area contributed by atoms with Gasteiger partial charge in [0.05, 0.1) is 76.9 Å². The Hall–Kier alpha value is -1.59. The Bertz CT molecular complexity index is 1610. The van der Waals surface area contributed by atoms with Gasteiger partial charge < -0.3 is 40.1 Å². The van der Waals surface area contributed by atoms with Crippen molar-refractivity contribution in [3.05, 3.63) is 108 Å². The van der Waals surface area contributed by atoms with E-state index in [-0.39, 0.29) is 39.6 Å². The fraction of sp³-hybridized carbons (Fsp3) is 0.654. The summed E-state index contributed by atoms with van der Waals surface area (Å²) >= 11 is 0.479. The molecule has 1 fully saturated rings. The van der Waals surface area contributed by atoms with E-state index in [1.165, 1.54) is 31.2 Å². The number of hydrogen-bond acceptors (Lipinski definition) is 14. The molecule has 3 aromatic rings. The van der Waals surface area contributed by atoms with Crippen molar-refractivity contribution in [2.45, 2.75) is 106 Å². The van der Waals surface area contributed by atoms with Crippen LogP contribution in [0.2, 0.25) is 8.87 Å². The number of aliphatic hydroxyl groups is 8. The van der Waals surface area contributed by atoms with Crippen LogP contribution in [0.15, 0.2) is 91.0 Å². The largest absolute Gasteiger partial charge is 0.396 e. The van der Waals surface area contributed by atoms with Crippen LogP contribution in [0.4, 0.5) is 0 Å². The standard InChI is InChI=1S/C19H24O4.C8H19NOS.C7H7Br.C5H12O4.C5H10O4.2C4H9.Sn/c20-13-19(14-21,15-22-11-17-7-3-1-4-8-17)16-23-12-18-9-5-2-6-10-18;1-3-5-7-11(9,10)8-6-4-2;8-6-7-4-2-1-3-5-7;2*6-1-5(2-7,3-8)4-9;2*1-3-4-2;/h1-10,20-21H,11-16H2;9H,3-8H2,1-2H3;1-5H,6H2;6-9H,1-4H2;6-7H,1-4H2;2*1,3-4H2,2H3;/q;;;;-2;;;+2. The first kappa shape index (κ1) is 67.4. The zero-order chi connectivity index (χ0) is 51.8. The zero-order valence-corrected chi connectivity index (χ0v) is 47.4. The fourth-order valence-corrected chi connectivity index (χ4v) is 19.1. The molecule has 69 heavy (non-hydrogen) atoms. The van der Waals surface area contributed by atoms with Crippen molar-refractivity contribution in [1.82, 2.24) is 0 Å². The van der Waals surface area contributed by atoms with E-state index in [1.807, 2.05) is 78.9 Å². The molecule has 0 spiro atoms. The van der Waals surface area contributed by atoms with Crippen LogP contribution in [0.5, 0.6) is 0 Å². The molecule has 0 aromatic heterocycles. The van der Waals surface area contributed by atoms with Crippen molar-refractivity contribution in [3.8, 4) is 0 Å². The van der Waals surface area contributed by atoms with E-state index in [9.17, 15) is 24.6 Å². The third-order valence-electron chi connectivity index (χ3n) is 11.5. The average Bonchev–Trinajstić information content (AvgIpc) is 3.41. The van der Waals surface area contributed by atoms with Gasteiger partial charge in [0.15, 0.2) is 0 Å². The van der Waals surface area contributed by atoms with E-state index < -0.39 is 71.6 Å². The van der Waals surface area contributed by atoms with Crippen LogP contribution >= 0.6 is 15.9 Å². The average molecular weight is 1170 g/mol. The molecule has 1 heterocycles. The van der Waals surface area contributed by atoms with Crippen LogP contribution < -0.4 is 0 Å². The van der Waals surface area contributed by atoms with Crippen molar-refractivity contribution in [3.63, 3.8) is 0 Å². The Morgan fingerprint density at radius 3 is 1.16 bits per heavy atom. The van der Waals surface area contributed by atoms with E-state index in [0.29, 0.717) is 37.9 Å². The van der Waals surface area contributed by atoms with E-state index in [2.05, 4.69) is 55.8 Å². The van der Waals surface area contributed by atoms with Crippen LogP contribution in [0.25, 0.3) is 0 Å². The normalized spacial score (nSPS) is 14.1. The molecule has 4 rings (SSSR count). The van der Waals surface area contributed by atoms with E-state index in [0.717, 1.165) is 51.0 Å². The number of unbranched alkanes of at least 4 members (excludes halogenated alkanes) is 4. The van der Waals surface area contributed by atoms with Gasteiger partial charge in [0.2, 0.25) is 0 Å². The van der Waals surface area contributed by atoms with Gasteiger partial charge >= 0.3 is 116 Å². The number of rotatable bonds is 29. The molecule has 1 aliphatic heterocycles. The van der Waals surface area contributed by atoms with Gasteiger partial charge in [0, 0.05) is 26.6 Å². The summed E-state index contributed by atoms with van der Waals surface area (Å²) in [5.41, 5.74) is 0.972. The summed E-state index contributed by atoms with van der Waals surface area (Å²) in [4.78, 5) is 0. The van der Waals surface area contributed by atoms with Crippen LogP contribution in [-0.4, -0.2) is 155 Å². The minimum atomic E-state index is -2.88. The quantitative estimate of drug-likeness (QED) is 0.0241. The summed E-state index contributed by atoms with van der Waals surface area (Å²) in [6.45, 7) is 8.70. The molecule has 1 saturated heterocycles. The SMILES string of the molecule is BrCc1ccccc1.CCCCS(=N)(=O)CCCC.CCC[CH2][Sn]1([CH2]CCC)[O]CC(CO)(CO)C[O]1.OCC(CO)(CO)CO.OCC(CO)(COCc1ccccc1)COCc1ccccc1. The second-order valence-electron chi connectivity index (χ2n) is 18.0. The molecule has 0 aliphatic carbocycles. The van der Waals surface area contributed by atoms with Crippen molar-refractivity contribution in [2.75, 3.05) is 90.8 Å². The number of aliphatic hydroxyl groups excluding tert-OH is 8. The second kappa shape index (κ2) is 40.8. The molecular formula is C52H90BrNO13SSn. The molecule has 9 N–H and O–H groups in total. The predicted octanol–water partition coefficient (Wildman–Crippen LogP) is 7.59. The molecule has 3 aromatic carbocycles. The second-order valence-corrected chi connectivity index (χ2v) is 30.7. The molecule has 17 heteroatoms. The van der Waals surface area contributed by atoms with Crippen LogP contribution in [0.1, 0.15) is 95.8 Å². The first-order chi connectivity index (χ1) is 33.2. The summed E-state index contributed by atoms with van der Waals surface area (Å²) in [5.74, 6) is 1.20. The van der Waals surface area contributed by atoms with E-state index in [4.69, 9.17) is 40.8 Å². The maximum Gasteiger partial charge on any atom is 0.0717 e. The van der Waals surface area contributed by atoms with E-state index in [1.54, 1.807) is 0 Å². The van der Waals surface area contributed by atoms with Gasteiger partial charge in [-0.05, 0) is 29.5 Å². The predicted molar refractivity (Wildman–Crippen MR) is 283 cm³/mol. The van der Waals surface area contributed by atoms with Crippen molar-refractivity contribution >= 4 is 44.9 Å². The Morgan fingerprint density at radius 2 is 0.899 bits per heavy atom. The molecule has 0 bridgehead atoms.